The van der Waals surface area contributed by atoms with Crippen molar-refractivity contribution in [2.75, 3.05) is 0 Å². The number of rotatable bonds is 5. The lowest BCUT2D eigenvalue weighted by atomic mass is 9.95. The summed E-state index contributed by atoms with van der Waals surface area (Å²) in [4.78, 5) is 13.2. The summed E-state index contributed by atoms with van der Waals surface area (Å²) in [6.07, 6.45) is 8.92. The predicted octanol–water partition coefficient (Wildman–Crippen LogP) is 5.38. The number of hydrogen-bond donors (Lipinski definition) is 0. The number of carbonyl (C=O) groups is 1. The molecule has 0 aliphatic heterocycles. The zero-order valence-corrected chi connectivity index (χ0v) is 13.9. The third kappa shape index (κ3) is 2.60. The molecule has 0 spiro atoms. The van der Waals surface area contributed by atoms with Gasteiger partial charge in [-0.25, -0.2) is 0 Å². The van der Waals surface area contributed by atoms with E-state index in [1.165, 1.54) is 29.5 Å². The van der Waals surface area contributed by atoms with Crippen molar-refractivity contribution in [3.8, 4) is 0 Å². The van der Waals surface area contributed by atoms with Crippen LogP contribution in [0.2, 0.25) is 0 Å². The fourth-order valence-electron chi connectivity index (χ4n) is 3.88. The van der Waals surface area contributed by atoms with Crippen LogP contribution in [0, 0.1) is 5.92 Å². The summed E-state index contributed by atoms with van der Waals surface area (Å²) < 4.78 is 2.08. The molecule has 1 aromatic heterocycles. The molecular weight excluding hydrogens is 270 g/mol. The van der Waals surface area contributed by atoms with Crippen LogP contribution < -0.4 is 0 Å². The summed E-state index contributed by atoms with van der Waals surface area (Å²) in [5.74, 6) is 0.497. The molecule has 0 saturated heterocycles. The number of carbonyl (C=O) groups excluding carboxylic acids is 1. The summed E-state index contributed by atoms with van der Waals surface area (Å²) >= 11 is 0. The van der Waals surface area contributed by atoms with Crippen molar-refractivity contribution < 1.29 is 4.79 Å². The standard InChI is InChI=1S/C20H27NO/c1-3-5-10-15(4-2)20(22)21-18-13-8-6-11-16(18)17-12-7-9-14-19(17)21/h6,8,11,13,15H,3-5,7,9-10,12,14H2,1-2H3/t15-/m1/s1. The van der Waals surface area contributed by atoms with E-state index in [0.717, 1.165) is 44.0 Å². The van der Waals surface area contributed by atoms with Gasteiger partial charge >= 0.3 is 0 Å². The average molecular weight is 297 g/mol. The molecule has 0 unspecified atom stereocenters. The van der Waals surface area contributed by atoms with Gasteiger partial charge in [-0.2, -0.15) is 0 Å². The van der Waals surface area contributed by atoms with Crippen LogP contribution >= 0.6 is 0 Å². The Morgan fingerprint density at radius 2 is 1.95 bits per heavy atom. The minimum Gasteiger partial charge on any atom is -0.284 e. The molecule has 1 aromatic carbocycles. The minimum atomic E-state index is 0.168. The lowest BCUT2D eigenvalue weighted by Gasteiger charge is -2.19. The third-order valence-electron chi connectivity index (χ3n) is 5.15. The van der Waals surface area contributed by atoms with Gasteiger partial charge in [0.25, 0.3) is 0 Å². The van der Waals surface area contributed by atoms with Gasteiger partial charge in [0.2, 0.25) is 5.91 Å². The fourth-order valence-corrected chi connectivity index (χ4v) is 3.88. The molecule has 2 heteroatoms. The van der Waals surface area contributed by atoms with Crippen LogP contribution in [0.25, 0.3) is 10.9 Å². The van der Waals surface area contributed by atoms with E-state index in [-0.39, 0.29) is 5.92 Å². The predicted molar refractivity (Wildman–Crippen MR) is 92.5 cm³/mol. The highest BCUT2D eigenvalue weighted by atomic mass is 16.2. The first-order chi connectivity index (χ1) is 10.8. The molecule has 3 rings (SSSR count). The molecule has 0 fully saturated rings. The molecule has 0 bridgehead atoms. The van der Waals surface area contributed by atoms with Gasteiger partial charge in [-0.3, -0.25) is 9.36 Å². The lowest BCUT2D eigenvalue weighted by molar-refractivity contribution is 0.0823. The highest BCUT2D eigenvalue weighted by Gasteiger charge is 2.26. The Morgan fingerprint density at radius 1 is 1.18 bits per heavy atom. The van der Waals surface area contributed by atoms with Crippen LogP contribution in [0.1, 0.15) is 68.4 Å². The Bertz CT molecular complexity index is 668. The number of para-hydroxylation sites is 1. The minimum absolute atomic E-state index is 0.168. The monoisotopic (exact) mass is 297 g/mol. The summed E-state index contributed by atoms with van der Waals surface area (Å²) in [5, 5.41) is 1.30. The molecule has 1 aliphatic rings. The van der Waals surface area contributed by atoms with E-state index in [1.54, 1.807) is 0 Å². The van der Waals surface area contributed by atoms with Crippen molar-refractivity contribution in [2.45, 2.75) is 65.2 Å². The van der Waals surface area contributed by atoms with Gasteiger partial charge in [0.15, 0.2) is 0 Å². The van der Waals surface area contributed by atoms with Crippen LogP contribution in [-0.4, -0.2) is 10.5 Å². The molecule has 0 amide bonds. The maximum absolute atomic E-state index is 13.2. The van der Waals surface area contributed by atoms with Crippen molar-refractivity contribution in [3.05, 3.63) is 35.5 Å². The smallest absolute Gasteiger partial charge is 0.234 e. The molecule has 22 heavy (non-hydrogen) atoms. The van der Waals surface area contributed by atoms with Crippen LogP contribution in [0.4, 0.5) is 0 Å². The Hall–Kier alpha value is -1.57. The largest absolute Gasteiger partial charge is 0.284 e. The van der Waals surface area contributed by atoms with Crippen molar-refractivity contribution in [1.82, 2.24) is 4.57 Å². The van der Waals surface area contributed by atoms with E-state index < -0.39 is 0 Å². The van der Waals surface area contributed by atoms with Crippen LogP contribution in [0.15, 0.2) is 24.3 Å². The number of aryl methyl sites for hydroxylation is 1. The quantitative estimate of drug-likeness (QED) is 0.726. The van der Waals surface area contributed by atoms with E-state index >= 15 is 0 Å². The Morgan fingerprint density at radius 3 is 2.73 bits per heavy atom. The molecule has 0 radical (unpaired) electrons. The second-order valence-corrected chi connectivity index (χ2v) is 6.57. The Balaban J connectivity index is 2.07. The van der Waals surface area contributed by atoms with Crippen LogP contribution in [0.3, 0.4) is 0 Å². The summed E-state index contributed by atoms with van der Waals surface area (Å²) in [6.45, 7) is 4.35. The first-order valence-electron chi connectivity index (χ1n) is 8.93. The Kier molecular flexibility index (Phi) is 4.66. The molecule has 118 valence electrons. The van der Waals surface area contributed by atoms with E-state index in [1.807, 2.05) is 0 Å². The van der Waals surface area contributed by atoms with Gasteiger partial charge in [0.05, 0.1) is 5.52 Å². The molecule has 1 heterocycles. The summed E-state index contributed by atoms with van der Waals surface area (Å²) in [6, 6.07) is 8.47. The van der Waals surface area contributed by atoms with Crippen molar-refractivity contribution >= 4 is 16.8 Å². The number of aromatic nitrogens is 1. The van der Waals surface area contributed by atoms with Gasteiger partial charge < -0.3 is 0 Å². The number of nitrogens with zero attached hydrogens (tertiary/aromatic N) is 1. The van der Waals surface area contributed by atoms with Crippen LogP contribution in [0.5, 0.6) is 0 Å². The van der Waals surface area contributed by atoms with E-state index in [2.05, 4.69) is 42.7 Å². The van der Waals surface area contributed by atoms with E-state index in [0.29, 0.717) is 5.91 Å². The highest BCUT2D eigenvalue weighted by Crippen LogP contribution is 2.33. The van der Waals surface area contributed by atoms with Crippen LogP contribution in [-0.2, 0) is 12.8 Å². The zero-order chi connectivity index (χ0) is 15.5. The average Bonchev–Trinajstić information content (AvgIpc) is 2.90. The Labute approximate surface area is 133 Å². The normalized spacial score (nSPS) is 15.7. The van der Waals surface area contributed by atoms with E-state index in [4.69, 9.17) is 0 Å². The molecule has 1 aliphatic carbocycles. The van der Waals surface area contributed by atoms with Gasteiger partial charge in [0.1, 0.15) is 0 Å². The van der Waals surface area contributed by atoms with E-state index in [9.17, 15) is 4.79 Å². The van der Waals surface area contributed by atoms with Crippen molar-refractivity contribution in [2.24, 2.45) is 5.92 Å². The van der Waals surface area contributed by atoms with Crippen molar-refractivity contribution in [1.29, 1.82) is 0 Å². The molecule has 0 N–H and O–H groups in total. The van der Waals surface area contributed by atoms with Gasteiger partial charge in [-0.05, 0) is 50.2 Å². The van der Waals surface area contributed by atoms with Gasteiger partial charge in [-0.1, -0.05) is 44.9 Å². The maximum atomic E-state index is 13.2. The topological polar surface area (TPSA) is 22.0 Å². The third-order valence-corrected chi connectivity index (χ3v) is 5.15. The number of benzene rings is 1. The van der Waals surface area contributed by atoms with Gasteiger partial charge in [-0.15, -0.1) is 0 Å². The summed E-state index contributed by atoms with van der Waals surface area (Å²) in [5.41, 5.74) is 3.86. The molecular formula is C20H27NO. The molecule has 2 aromatic rings. The first kappa shape index (κ1) is 15.3. The number of fused-ring (bicyclic) bond motifs is 3. The summed E-state index contributed by atoms with van der Waals surface area (Å²) in [7, 11) is 0. The lowest BCUT2D eigenvalue weighted by Crippen LogP contribution is -2.24. The first-order valence-corrected chi connectivity index (χ1v) is 8.93. The fraction of sp³-hybridized carbons (Fsp3) is 0.550. The molecule has 2 nitrogen and oxygen atoms in total. The molecule has 1 atom stereocenters. The highest BCUT2D eigenvalue weighted by molar-refractivity contribution is 5.97. The van der Waals surface area contributed by atoms with Gasteiger partial charge in [0, 0.05) is 17.0 Å². The number of hydrogen-bond acceptors (Lipinski definition) is 1. The second kappa shape index (κ2) is 6.68. The maximum Gasteiger partial charge on any atom is 0.234 e. The number of unbranched alkanes of at least 4 members (excludes halogenated alkanes) is 1. The SMILES string of the molecule is CCCC[C@@H](CC)C(=O)n1c2c(c3ccccc31)CCCC2. The molecule has 0 saturated carbocycles. The zero-order valence-electron chi connectivity index (χ0n) is 13.9. The van der Waals surface area contributed by atoms with Crippen molar-refractivity contribution in [3.63, 3.8) is 0 Å². The second-order valence-electron chi connectivity index (χ2n) is 6.57.